The van der Waals surface area contributed by atoms with Crippen LogP contribution in [0.4, 0.5) is 5.13 Å². The number of nitrogens with one attached hydrogen (secondary N) is 1. The minimum atomic E-state index is -0.765. The van der Waals surface area contributed by atoms with E-state index < -0.39 is 17.2 Å². The molecule has 2 atom stereocenters. The van der Waals surface area contributed by atoms with Crippen molar-refractivity contribution in [2.75, 3.05) is 24.6 Å². The van der Waals surface area contributed by atoms with E-state index in [0.29, 0.717) is 25.9 Å². The summed E-state index contributed by atoms with van der Waals surface area (Å²) in [7, 11) is 0. The van der Waals surface area contributed by atoms with Crippen LogP contribution < -0.4 is 10.2 Å². The van der Waals surface area contributed by atoms with Crippen LogP contribution in [0, 0.1) is 0 Å². The van der Waals surface area contributed by atoms with Gasteiger partial charge in [0.1, 0.15) is 12.6 Å². The normalized spacial score (nSPS) is 25.3. The molecule has 11 heteroatoms. The zero-order valence-electron chi connectivity index (χ0n) is 16.8. The van der Waals surface area contributed by atoms with Gasteiger partial charge in [0.15, 0.2) is 5.13 Å². The third-order valence-electron chi connectivity index (χ3n) is 5.70. The van der Waals surface area contributed by atoms with Gasteiger partial charge < -0.3 is 25.2 Å². The number of aliphatic hydroxyl groups excluding tert-OH is 1. The molecule has 2 aromatic heterocycles. The van der Waals surface area contributed by atoms with Gasteiger partial charge in [-0.1, -0.05) is 0 Å². The lowest BCUT2D eigenvalue weighted by Crippen LogP contribution is -2.69. The highest BCUT2D eigenvalue weighted by Gasteiger charge is 2.53. The van der Waals surface area contributed by atoms with Crippen molar-refractivity contribution < 1.29 is 24.5 Å². The highest BCUT2D eigenvalue weighted by molar-refractivity contribution is 7.13. The Kier molecular flexibility index (Phi) is 7.06. The molecule has 0 unspecified atom stereocenters. The summed E-state index contributed by atoms with van der Waals surface area (Å²) in [4.78, 5) is 27.4. The maximum atomic E-state index is 12.5. The molecule has 0 aliphatic carbocycles. The third-order valence-corrected chi connectivity index (χ3v) is 6.53. The van der Waals surface area contributed by atoms with Gasteiger partial charge in [-0.05, 0) is 32.3 Å². The summed E-state index contributed by atoms with van der Waals surface area (Å²) in [6.07, 6.45) is 6.43. The van der Waals surface area contributed by atoms with Gasteiger partial charge in [-0.3, -0.25) is 14.3 Å². The van der Waals surface area contributed by atoms with E-state index in [4.69, 9.17) is 14.6 Å². The summed E-state index contributed by atoms with van der Waals surface area (Å²) in [5.41, 5.74) is -1.34. The lowest BCUT2D eigenvalue weighted by Gasteiger charge is -2.53. The summed E-state index contributed by atoms with van der Waals surface area (Å²) in [6, 6.07) is 1.78. The van der Waals surface area contributed by atoms with Gasteiger partial charge in [0.25, 0.3) is 6.47 Å². The number of carbonyl (C=O) groups excluding carboxylic acids is 1. The zero-order chi connectivity index (χ0) is 21.6. The van der Waals surface area contributed by atoms with E-state index >= 15 is 0 Å². The minimum Gasteiger partial charge on any atom is -0.483 e. The first-order chi connectivity index (χ1) is 14.4. The van der Waals surface area contributed by atoms with Crippen LogP contribution in [0.25, 0.3) is 0 Å². The average Bonchev–Trinajstić information content (AvgIpc) is 3.42. The van der Waals surface area contributed by atoms with E-state index in [1.165, 1.54) is 0 Å². The van der Waals surface area contributed by atoms with Crippen LogP contribution in [0.1, 0.15) is 26.2 Å². The van der Waals surface area contributed by atoms with Crippen molar-refractivity contribution >= 4 is 28.8 Å². The monoisotopic (exact) mass is 437 g/mol. The largest absolute Gasteiger partial charge is 0.483 e. The molecule has 1 amide bonds. The molecule has 164 valence electrons. The molecule has 0 aromatic carbocycles. The standard InChI is InChI=1S/C18H25N5O3S.CH2O2/c1-17(21-14(24)13-23-8-2-6-20-23)5-11-26-18(15(17)25)3-9-22(10-4-18)16-19-7-12-27-16;2-1-3/h2,6-8,12,15,25H,3-5,9-11,13H2,1H3,(H,21,24);1H,(H,2,3)/t15-,17+;/m1./s1. The molecule has 2 aromatic rings. The Bertz CT molecular complexity index is 807. The predicted octanol–water partition coefficient (Wildman–Crippen LogP) is 0.736. The van der Waals surface area contributed by atoms with Crippen molar-refractivity contribution in [2.24, 2.45) is 0 Å². The van der Waals surface area contributed by atoms with Gasteiger partial charge in [0.2, 0.25) is 5.91 Å². The predicted molar refractivity (Wildman–Crippen MR) is 110 cm³/mol. The minimum absolute atomic E-state index is 0.140. The van der Waals surface area contributed by atoms with Crippen molar-refractivity contribution in [1.29, 1.82) is 0 Å². The molecule has 3 N–H and O–H groups in total. The van der Waals surface area contributed by atoms with Crippen molar-refractivity contribution in [2.45, 2.75) is 50.0 Å². The van der Waals surface area contributed by atoms with Crippen LogP contribution in [-0.4, -0.2) is 74.3 Å². The molecule has 0 radical (unpaired) electrons. The van der Waals surface area contributed by atoms with Crippen LogP contribution in [-0.2, 0) is 20.9 Å². The van der Waals surface area contributed by atoms with Crippen molar-refractivity contribution in [3.8, 4) is 0 Å². The third kappa shape index (κ3) is 4.79. The lowest BCUT2D eigenvalue weighted by molar-refractivity contribution is -0.198. The van der Waals surface area contributed by atoms with Gasteiger partial charge in [0.05, 0.1) is 11.1 Å². The molecule has 10 nitrogen and oxygen atoms in total. The highest BCUT2D eigenvalue weighted by atomic mass is 32.1. The van der Waals surface area contributed by atoms with Crippen LogP contribution in [0.15, 0.2) is 30.0 Å². The number of rotatable bonds is 4. The maximum Gasteiger partial charge on any atom is 0.290 e. The molecule has 2 fully saturated rings. The van der Waals surface area contributed by atoms with Crippen molar-refractivity contribution in [1.82, 2.24) is 20.1 Å². The van der Waals surface area contributed by atoms with Gasteiger partial charge >= 0.3 is 0 Å². The van der Waals surface area contributed by atoms with E-state index in [9.17, 15) is 9.90 Å². The van der Waals surface area contributed by atoms with Gasteiger partial charge in [-0.25, -0.2) is 4.98 Å². The first kappa shape index (κ1) is 22.2. The molecule has 1 spiro atoms. The van der Waals surface area contributed by atoms with E-state index in [0.717, 1.165) is 18.2 Å². The number of aromatic nitrogens is 3. The van der Waals surface area contributed by atoms with E-state index in [2.05, 4.69) is 20.3 Å². The number of thiazole rings is 1. The highest BCUT2D eigenvalue weighted by Crippen LogP contribution is 2.40. The van der Waals surface area contributed by atoms with Crippen LogP contribution >= 0.6 is 11.3 Å². The zero-order valence-corrected chi connectivity index (χ0v) is 17.6. The second-order valence-corrected chi connectivity index (χ2v) is 8.52. The summed E-state index contributed by atoms with van der Waals surface area (Å²) >= 11 is 1.62. The number of nitrogens with zero attached hydrogens (tertiary/aromatic N) is 4. The number of carboxylic acid groups (broad SMARTS) is 1. The number of amides is 1. The molecular formula is C19H27N5O5S. The Labute approximate surface area is 178 Å². The quantitative estimate of drug-likeness (QED) is 0.597. The fourth-order valence-corrected chi connectivity index (χ4v) is 4.86. The lowest BCUT2D eigenvalue weighted by atomic mass is 9.73. The summed E-state index contributed by atoms with van der Waals surface area (Å²) in [6.45, 7) is 3.88. The molecule has 2 aliphatic rings. The van der Waals surface area contributed by atoms with E-state index in [-0.39, 0.29) is 18.9 Å². The first-order valence-electron chi connectivity index (χ1n) is 9.75. The Morgan fingerprint density at radius 1 is 1.40 bits per heavy atom. The summed E-state index contributed by atoms with van der Waals surface area (Å²) < 4.78 is 7.68. The molecule has 2 aliphatic heterocycles. The number of aliphatic hydroxyl groups is 1. The van der Waals surface area contributed by atoms with Crippen LogP contribution in [0.5, 0.6) is 0 Å². The number of carbonyl (C=O) groups is 2. The molecule has 30 heavy (non-hydrogen) atoms. The SMILES string of the molecule is C[C@]1(NC(=O)Cn2cccn2)CCOC2(CCN(c3nccs3)CC2)[C@@H]1O.O=CO. The second-order valence-electron chi connectivity index (χ2n) is 7.64. The maximum absolute atomic E-state index is 12.5. The number of hydrogen-bond donors (Lipinski definition) is 3. The number of ether oxygens (including phenoxy) is 1. The van der Waals surface area contributed by atoms with Crippen molar-refractivity contribution in [3.05, 3.63) is 30.0 Å². The fraction of sp³-hybridized carbons (Fsp3) is 0.579. The average molecular weight is 438 g/mol. The molecular weight excluding hydrogens is 410 g/mol. The fourth-order valence-electron chi connectivity index (χ4n) is 4.16. The molecule has 0 bridgehead atoms. The Morgan fingerprint density at radius 3 is 2.73 bits per heavy atom. The van der Waals surface area contributed by atoms with E-state index in [1.807, 2.05) is 18.5 Å². The Morgan fingerprint density at radius 2 is 2.13 bits per heavy atom. The van der Waals surface area contributed by atoms with Crippen molar-refractivity contribution in [3.63, 3.8) is 0 Å². The second kappa shape index (κ2) is 9.54. The van der Waals surface area contributed by atoms with Gasteiger partial charge in [0, 0.05) is 43.7 Å². The van der Waals surface area contributed by atoms with Gasteiger partial charge in [-0.2, -0.15) is 5.10 Å². The van der Waals surface area contributed by atoms with Crippen LogP contribution in [0.3, 0.4) is 0 Å². The molecule has 4 heterocycles. The summed E-state index contributed by atoms with van der Waals surface area (Å²) in [5.74, 6) is -0.155. The first-order valence-corrected chi connectivity index (χ1v) is 10.6. The Hall–Kier alpha value is -2.50. The number of piperidine rings is 1. The van der Waals surface area contributed by atoms with E-state index in [1.54, 1.807) is 34.5 Å². The molecule has 0 saturated carbocycles. The topological polar surface area (TPSA) is 130 Å². The smallest absolute Gasteiger partial charge is 0.290 e. The number of hydrogen-bond acceptors (Lipinski definition) is 8. The molecule has 2 saturated heterocycles. The Balaban J connectivity index is 0.000000806. The summed E-state index contributed by atoms with van der Waals surface area (Å²) in [5, 5.41) is 28.2. The number of anilines is 1. The van der Waals surface area contributed by atoms with Crippen LogP contribution in [0.2, 0.25) is 0 Å². The van der Waals surface area contributed by atoms with Gasteiger partial charge in [-0.15, -0.1) is 11.3 Å². The molecule has 4 rings (SSSR count).